The highest BCUT2D eigenvalue weighted by molar-refractivity contribution is 7.89. The lowest BCUT2D eigenvalue weighted by Crippen LogP contribution is -2.29. The number of benzene rings is 2. The lowest BCUT2D eigenvalue weighted by atomic mass is 9.99. The molecule has 2 aromatic carbocycles. The molecule has 0 bridgehead atoms. The van der Waals surface area contributed by atoms with Crippen molar-refractivity contribution in [3.05, 3.63) is 65.7 Å². The van der Waals surface area contributed by atoms with Gasteiger partial charge in [0.05, 0.1) is 10.5 Å². The Kier molecular flexibility index (Phi) is 4.40. The van der Waals surface area contributed by atoms with Crippen molar-refractivity contribution in [2.24, 2.45) is 0 Å². The zero-order chi connectivity index (χ0) is 17.4. The van der Waals surface area contributed by atoms with Crippen LogP contribution in [-0.4, -0.2) is 25.8 Å². The highest BCUT2D eigenvalue weighted by Gasteiger charge is 2.35. The summed E-state index contributed by atoms with van der Waals surface area (Å²) in [6.07, 6.45) is -3.91. The molecule has 1 heterocycles. The van der Waals surface area contributed by atoms with Gasteiger partial charge in [-0.2, -0.15) is 17.5 Å². The smallest absolute Gasteiger partial charge is 0.207 e. The van der Waals surface area contributed by atoms with E-state index in [-0.39, 0.29) is 17.4 Å². The SMILES string of the molecule is O=S(=O)(c1cccc(C(F)(F)F)c1)N1CCC(c2ccccc2)C1. The fourth-order valence-electron chi connectivity index (χ4n) is 2.93. The molecule has 0 saturated carbocycles. The second kappa shape index (κ2) is 6.22. The minimum Gasteiger partial charge on any atom is -0.207 e. The van der Waals surface area contributed by atoms with Crippen molar-refractivity contribution < 1.29 is 21.6 Å². The van der Waals surface area contributed by atoms with Gasteiger partial charge in [-0.15, -0.1) is 0 Å². The fourth-order valence-corrected chi connectivity index (χ4v) is 4.47. The van der Waals surface area contributed by atoms with E-state index in [4.69, 9.17) is 0 Å². The highest BCUT2D eigenvalue weighted by Crippen LogP contribution is 2.34. The van der Waals surface area contributed by atoms with Crippen LogP contribution in [0.5, 0.6) is 0 Å². The number of rotatable bonds is 3. The molecular formula is C17H16F3NO2S. The van der Waals surface area contributed by atoms with Crippen LogP contribution in [0, 0.1) is 0 Å². The Hall–Kier alpha value is -1.86. The summed E-state index contributed by atoms with van der Waals surface area (Å²) in [7, 11) is -3.93. The third-order valence-electron chi connectivity index (χ3n) is 4.22. The van der Waals surface area contributed by atoms with Crippen LogP contribution in [0.1, 0.15) is 23.5 Å². The number of hydrogen-bond donors (Lipinski definition) is 0. The summed E-state index contributed by atoms with van der Waals surface area (Å²) >= 11 is 0. The summed E-state index contributed by atoms with van der Waals surface area (Å²) < 4.78 is 65.0. The van der Waals surface area contributed by atoms with E-state index in [1.54, 1.807) is 0 Å². The van der Waals surface area contributed by atoms with Crippen LogP contribution in [0.3, 0.4) is 0 Å². The fraction of sp³-hybridized carbons (Fsp3) is 0.294. The van der Waals surface area contributed by atoms with Gasteiger partial charge in [0.1, 0.15) is 0 Å². The summed E-state index contributed by atoms with van der Waals surface area (Å²) in [4.78, 5) is -0.314. The van der Waals surface area contributed by atoms with Gasteiger partial charge in [-0.3, -0.25) is 0 Å². The average Bonchev–Trinajstić information content (AvgIpc) is 3.06. The first-order valence-corrected chi connectivity index (χ1v) is 8.95. The van der Waals surface area contributed by atoms with Gasteiger partial charge in [0.15, 0.2) is 0 Å². The predicted octanol–water partition coefficient (Wildman–Crippen LogP) is 3.88. The molecule has 2 aromatic rings. The highest BCUT2D eigenvalue weighted by atomic mass is 32.2. The van der Waals surface area contributed by atoms with E-state index in [1.165, 1.54) is 10.4 Å². The van der Waals surface area contributed by atoms with Crippen LogP contribution in [0.25, 0.3) is 0 Å². The van der Waals surface area contributed by atoms with Gasteiger partial charge in [-0.05, 0) is 36.1 Å². The van der Waals surface area contributed by atoms with Crippen LogP contribution < -0.4 is 0 Å². The third kappa shape index (κ3) is 3.32. The van der Waals surface area contributed by atoms with E-state index in [0.717, 1.165) is 17.7 Å². The van der Waals surface area contributed by atoms with Crippen molar-refractivity contribution in [3.8, 4) is 0 Å². The molecule has 3 rings (SSSR count). The van der Waals surface area contributed by atoms with Crippen molar-refractivity contribution in [2.75, 3.05) is 13.1 Å². The topological polar surface area (TPSA) is 37.4 Å². The minimum absolute atomic E-state index is 0.0618. The van der Waals surface area contributed by atoms with Crippen molar-refractivity contribution >= 4 is 10.0 Å². The molecule has 0 spiro atoms. The maximum Gasteiger partial charge on any atom is 0.416 e. The maximum absolute atomic E-state index is 12.8. The molecular weight excluding hydrogens is 339 g/mol. The summed E-state index contributed by atoms with van der Waals surface area (Å²) in [5.74, 6) is 0.0618. The van der Waals surface area contributed by atoms with E-state index in [0.29, 0.717) is 19.0 Å². The first-order valence-electron chi connectivity index (χ1n) is 7.51. The van der Waals surface area contributed by atoms with Crippen molar-refractivity contribution in [3.63, 3.8) is 0 Å². The molecule has 3 nitrogen and oxygen atoms in total. The van der Waals surface area contributed by atoms with Crippen LogP contribution in [0.2, 0.25) is 0 Å². The zero-order valence-corrected chi connectivity index (χ0v) is 13.5. The molecule has 1 atom stereocenters. The molecule has 128 valence electrons. The lowest BCUT2D eigenvalue weighted by molar-refractivity contribution is -0.137. The number of halogens is 3. The van der Waals surface area contributed by atoms with Crippen LogP contribution >= 0.6 is 0 Å². The summed E-state index contributed by atoms with van der Waals surface area (Å²) in [6.45, 7) is 0.584. The second-order valence-electron chi connectivity index (χ2n) is 5.78. The number of hydrogen-bond acceptors (Lipinski definition) is 2. The van der Waals surface area contributed by atoms with Gasteiger partial charge >= 0.3 is 6.18 Å². The van der Waals surface area contributed by atoms with Crippen molar-refractivity contribution in [2.45, 2.75) is 23.4 Å². The van der Waals surface area contributed by atoms with Crippen LogP contribution in [0.4, 0.5) is 13.2 Å². The maximum atomic E-state index is 12.8. The van der Waals surface area contributed by atoms with Gasteiger partial charge in [0.25, 0.3) is 0 Å². The standard InChI is InChI=1S/C17H16F3NO2S/c18-17(19,20)15-7-4-8-16(11-15)24(22,23)21-10-9-14(12-21)13-5-2-1-3-6-13/h1-8,11,14H,9-10,12H2. The average molecular weight is 355 g/mol. The molecule has 1 aliphatic rings. The molecule has 1 unspecified atom stereocenters. The Morgan fingerprint density at radius 2 is 1.71 bits per heavy atom. The quantitative estimate of drug-likeness (QED) is 0.838. The molecule has 0 radical (unpaired) electrons. The molecule has 7 heteroatoms. The summed E-state index contributed by atoms with van der Waals surface area (Å²) in [5.41, 5.74) is 0.0848. The molecule has 1 saturated heterocycles. The predicted molar refractivity (Wildman–Crippen MR) is 84.0 cm³/mol. The molecule has 0 aliphatic carbocycles. The Morgan fingerprint density at radius 3 is 2.38 bits per heavy atom. The molecule has 24 heavy (non-hydrogen) atoms. The first kappa shape index (κ1) is 17.0. The third-order valence-corrected chi connectivity index (χ3v) is 6.08. The van der Waals surface area contributed by atoms with Crippen LogP contribution in [0.15, 0.2) is 59.5 Å². The number of sulfonamides is 1. The Balaban J connectivity index is 1.85. The van der Waals surface area contributed by atoms with Gasteiger partial charge in [-0.1, -0.05) is 36.4 Å². The van der Waals surface area contributed by atoms with E-state index in [9.17, 15) is 21.6 Å². The van der Waals surface area contributed by atoms with Crippen LogP contribution in [-0.2, 0) is 16.2 Å². The van der Waals surface area contributed by atoms with E-state index in [2.05, 4.69) is 0 Å². The Bertz CT molecular complexity index is 819. The normalized spacial score (nSPS) is 19.5. The lowest BCUT2D eigenvalue weighted by Gasteiger charge is -2.18. The van der Waals surface area contributed by atoms with Gasteiger partial charge in [0.2, 0.25) is 10.0 Å². The van der Waals surface area contributed by atoms with E-state index < -0.39 is 21.8 Å². The van der Waals surface area contributed by atoms with Gasteiger partial charge < -0.3 is 0 Å². The minimum atomic E-state index is -4.57. The van der Waals surface area contributed by atoms with Crippen molar-refractivity contribution in [1.82, 2.24) is 4.31 Å². The molecule has 0 N–H and O–H groups in total. The number of nitrogens with zero attached hydrogens (tertiary/aromatic N) is 1. The van der Waals surface area contributed by atoms with Gasteiger partial charge in [0, 0.05) is 13.1 Å². The Morgan fingerprint density at radius 1 is 1.00 bits per heavy atom. The molecule has 1 fully saturated rings. The largest absolute Gasteiger partial charge is 0.416 e. The summed E-state index contributed by atoms with van der Waals surface area (Å²) in [5, 5.41) is 0. The van der Waals surface area contributed by atoms with E-state index >= 15 is 0 Å². The van der Waals surface area contributed by atoms with Gasteiger partial charge in [-0.25, -0.2) is 8.42 Å². The summed E-state index contributed by atoms with van der Waals surface area (Å²) in [6, 6.07) is 13.4. The Labute approximate surface area is 138 Å². The molecule has 0 amide bonds. The first-order chi connectivity index (χ1) is 11.3. The second-order valence-corrected chi connectivity index (χ2v) is 7.72. The molecule has 0 aromatic heterocycles. The van der Waals surface area contributed by atoms with Crippen molar-refractivity contribution in [1.29, 1.82) is 0 Å². The number of alkyl halides is 3. The zero-order valence-electron chi connectivity index (χ0n) is 12.7. The van der Waals surface area contributed by atoms with E-state index in [1.807, 2.05) is 30.3 Å². The monoisotopic (exact) mass is 355 g/mol. The molecule has 1 aliphatic heterocycles.